The number of benzene rings is 1. The fourth-order valence-corrected chi connectivity index (χ4v) is 1.99. The zero-order valence-corrected chi connectivity index (χ0v) is 11.3. The summed E-state index contributed by atoms with van der Waals surface area (Å²) in [5, 5.41) is 11.5. The molecule has 1 aromatic carbocycles. The van der Waals surface area contributed by atoms with Crippen LogP contribution in [0.25, 0.3) is 0 Å². The van der Waals surface area contributed by atoms with E-state index in [9.17, 15) is 0 Å². The van der Waals surface area contributed by atoms with Gasteiger partial charge in [0.2, 0.25) is 0 Å². The van der Waals surface area contributed by atoms with Crippen molar-refractivity contribution in [1.29, 1.82) is 0 Å². The monoisotopic (exact) mass is 277 g/mol. The van der Waals surface area contributed by atoms with Gasteiger partial charge in [0.25, 0.3) is 0 Å². The van der Waals surface area contributed by atoms with E-state index in [-0.39, 0.29) is 0 Å². The van der Waals surface area contributed by atoms with Gasteiger partial charge in [-0.2, -0.15) is 0 Å². The lowest BCUT2D eigenvalue weighted by molar-refractivity contribution is 0.141. The minimum absolute atomic E-state index is 0.363. The van der Waals surface area contributed by atoms with Crippen molar-refractivity contribution >= 4 is 23.2 Å². The SMILES string of the molecule is CO.Clc1ccc(C2CNCCOC2)cc1Cl. The maximum atomic E-state index is 7.00. The summed E-state index contributed by atoms with van der Waals surface area (Å²) in [5.74, 6) is 0.363. The standard InChI is InChI=1S/C11H13Cl2NO.CH4O/c12-10-2-1-8(5-11(10)13)9-6-14-3-4-15-7-9;1-2/h1-2,5,9,14H,3-4,6-7H2;2H,1H3. The number of aliphatic hydroxyl groups is 1. The molecule has 0 bridgehead atoms. The van der Waals surface area contributed by atoms with Crippen LogP contribution in [-0.4, -0.2) is 38.5 Å². The number of rotatable bonds is 1. The van der Waals surface area contributed by atoms with Gasteiger partial charge in [0, 0.05) is 26.1 Å². The Labute approximate surface area is 112 Å². The Bertz CT molecular complexity index is 339. The van der Waals surface area contributed by atoms with Crippen molar-refractivity contribution in [3.05, 3.63) is 33.8 Å². The largest absolute Gasteiger partial charge is 0.400 e. The highest BCUT2D eigenvalue weighted by Gasteiger charge is 2.15. The number of halogens is 2. The molecule has 0 spiro atoms. The number of nitrogens with one attached hydrogen (secondary N) is 1. The quantitative estimate of drug-likeness (QED) is 0.828. The van der Waals surface area contributed by atoms with Crippen molar-refractivity contribution in [1.82, 2.24) is 5.32 Å². The molecule has 0 radical (unpaired) electrons. The molecule has 96 valence electrons. The molecule has 1 aliphatic rings. The second kappa shape index (κ2) is 7.90. The van der Waals surface area contributed by atoms with Gasteiger partial charge < -0.3 is 15.2 Å². The van der Waals surface area contributed by atoms with E-state index in [0.717, 1.165) is 33.4 Å². The molecule has 1 aliphatic heterocycles. The molecule has 1 unspecified atom stereocenters. The fraction of sp³-hybridized carbons (Fsp3) is 0.500. The molecule has 0 aliphatic carbocycles. The molecule has 5 heteroatoms. The van der Waals surface area contributed by atoms with E-state index >= 15 is 0 Å². The zero-order valence-electron chi connectivity index (χ0n) is 9.75. The summed E-state index contributed by atoms with van der Waals surface area (Å²) < 4.78 is 5.49. The third-order valence-corrected chi connectivity index (χ3v) is 3.29. The Kier molecular flexibility index (Phi) is 6.85. The first-order valence-corrected chi connectivity index (χ1v) is 6.21. The molecule has 0 amide bonds. The van der Waals surface area contributed by atoms with E-state index in [1.54, 1.807) is 0 Å². The zero-order chi connectivity index (χ0) is 12.7. The molecule has 1 heterocycles. The van der Waals surface area contributed by atoms with E-state index < -0.39 is 0 Å². The van der Waals surface area contributed by atoms with Crippen molar-refractivity contribution in [3.8, 4) is 0 Å². The fourth-order valence-electron chi connectivity index (χ4n) is 1.69. The smallest absolute Gasteiger partial charge is 0.0595 e. The van der Waals surface area contributed by atoms with E-state index in [1.165, 1.54) is 5.56 Å². The molecular weight excluding hydrogens is 261 g/mol. The second-order valence-electron chi connectivity index (χ2n) is 3.65. The Balaban J connectivity index is 0.000000686. The van der Waals surface area contributed by atoms with Gasteiger partial charge in [0.15, 0.2) is 0 Å². The highest BCUT2D eigenvalue weighted by molar-refractivity contribution is 6.42. The van der Waals surface area contributed by atoms with Crippen molar-refractivity contribution in [2.45, 2.75) is 5.92 Å². The van der Waals surface area contributed by atoms with E-state index in [1.807, 2.05) is 18.2 Å². The topological polar surface area (TPSA) is 41.5 Å². The average Bonchev–Trinajstić information content (AvgIpc) is 2.64. The molecule has 1 saturated heterocycles. The molecule has 1 fully saturated rings. The highest BCUT2D eigenvalue weighted by atomic mass is 35.5. The van der Waals surface area contributed by atoms with Gasteiger partial charge in [0.1, 0.15) is 0 Å². The summed E-state index contributed by atoms with van der Waals surface area (Å²) in [6.45, 7) is 3.36. The maximum absolute atomic E-state index is 7.00. The molecule has 1 atom stereocenters. The second-order valence-corrected chi connectivity index (χ2v) is 4.46. The van der Waals surface area contributed by atoms with Crippen LogP contribution in [0.1, 0.15) is 11.5 Å². The summed E-state index contributed by atoms with van der Waals surface area (Å²) in [6.07, 6.45) is 0. The van der Waals surface area contributed by atoms with E-state index in [0.29, 0.717) is 16.0 Å². The summed E-state index contributed by atoms with van der Waals surface area (Å²) in [5.41, 5.74) is 1.18. The highest BCUT2D eigenvalue weighted by Crippen LogP contribution is 2.26. The lowest BCUT2D eigenvalue weighted by Crippen LogP contribution is -2.21. The number of hydrogen-bond acceptors (Lipinski definition) is 3. The molecule has 0 aromatic heterocycles. The third kappa shape index (κ3) is 4.45. The Morgan fingerprint density at radius 2 is 2.06 bits per heavy atom. The lowest BCUT2D eigenvalue weighted by Gasteiger charge is -2.14. The van der Waals surface area contributed by atoms with E-state index in [4.69, 9.17) is 33.0 Å². The average molecular weight is 278 g/mol. The first-order valence-electron chi connectivity index (χ1n) is 5.45. The van der Waals surface area contributed by atoms with Crippen molar-refractivity contribution in [2.75, 3.05) is 33.4 Å². The van der Waals surface area contributed by atoms with Crippen LogP contribution < -0.4 is 5.32 Å². The molecule has 2 N–H and O–H groups in total. The lowest BCUT2D eigenvalue weighted by atomic mass is 10.0. The van der Waals surface area contributed by atoms with Gasteiger partial charge >= 0.3 is 0 Å². The summed E-state index contributed by atoms with van der Waals surface area (Å²) >= 11 is 11.9. The van der Waals surface area contributed by atoms with Crippen LogP contribution in [0.3, 0.4) is 0 Å². The van der Waals surface area contributed by atoms with Gasteiger partial charge in [0.05, 0.1) is 23.3 Å². The normalized spacial score (nSPS) is 20.1. The van der Waals surface area contributed by atoms with Crippen LogP contribution in [0.5, 0.6) is 0 Å². The first kappa shape index (κ1) is 14.7. The number of aliphatic hydroxyl groups excluding tert-OH is 1. The Morgan fingerprint density at radius 3 is 2.76 bits per heavy atom. The van der Waals surface area contributed by atoms with Crippen LogP contribution in [-0.2, 0) is 4.74 Å². The minimum Gasteiger partial charge on any atom is -0.400 e. The number of hydrogen-bond donors (Lipinski definition) is 2. The van der Waals surface area contributed by atoms with Crippen LogP contribution in [0.4, 0.5) is 0 Å². The predicted octanol–water partition coefficient (Wildman–Crippen LogP) is 2.31. The van der Waals surface area contributed by atoms with Crippen molar-refractivity contribution in [3.63, 3.8) is 0 Å². The summed E-state index contributed by atoms with van der Waals surface area (Å²) in [4.78, 5) is 0. The van der Waals surface area contributed by atoms with Crippen LogP contribution in [0.15, 0.2) is 18.2 Å². The summed E-state index contributed by atoms with van der Waals surface area (Å²) in [6, 6.07) is 5.77. The molecule has 0 saturated carbocycles. The number of ether oxygens (including phenoxy) is 1. The van der Waals surface area contributed by atoms with E-state index in [2.05, 4.69) is 5.32 Å². The predicted molar refractivity (Wildman–Crippen MR) is 71.0 cm³/mol. The van der Waals surface area contributed by atoms with Gasteiger partial charge in [-0.15, -0.1) is 0 Å². The van der Waals surface area contributed by atoms with Gasteiger partial charge in [-0.3, -0.25) is 0 Å². The molecule has 3 nitrogen and oxygen atoms in total. The van der Waals surface area contributed by atoms with Crippen LogP contribution in [0.2, 0.25) is 10.0 Å². The minimum atomic E-state index is 0.363. The maximum Gasteiger partial charge on any atom is 0.0595 e. The van der Waals surface area contributed by atoms with Gasteiger partial charge in [-0.1, -0.05) is 29.3 Å². The molecule has 2 rings (SSSR count). The Morgan fingerprint density at radius 1 is 1.29 bits per heavy atom. The Hall–Kier alpha value is -0.320. The van der Waals surface area contributed by atoms with Crippen LogP contribution >= 0.6 is 23.2 Å². The van der Waals surface area contributed by atoms with Gasteiger partial charge in [-0.25, -0.2) is 0 Å². The molecular formula is C12H17Cl2NO2. The van der Waals surface area contributed by atoms with Crippen molar-refractivity contribution < 1.29 is 9.84 Å². The van der Waals surface area contributed by atoms with Gasteiger partial charge in [-0.05, 0) is 17.7 Å². The molecule has 1 aromatic rings. The first-order chi connectivity index (χ1) is 8.27. The van der Waals surface area contributed by atoms with Crippen molar-refractivity contribution in [2.24, 2.45) is 0 Å². The van der Waals surface area contributed by atoms with Crippen LogP contribution in [0, 0.1) is 0 Å². The summed E-state index contributed by atoms with van der Waals surface area (Å²) in [7, 11) is 1.00. The third-order valence-electron chi connectivity index (χ3n) is 2.55. The molecule has 17 heavy (non-hydrogen) atoms.